The number of urea groups is 1. The number of benzene rings is 2. The predicted molar refractivity (Wildman–Crippen MR) is 156 cm³/mol. The van der Waals surface area contributed by atoms with Gasteiger partial charge in [-0.25, -0.2) is 19.9 Å². The molecule has 2 aliphatic rings. The highest BCUT2D eigenvalue weighted by Crippen LogP contribution is 2.34. The summed E-state index contributed by atoms with van der Waals surface area (Å²) in [6, 6.07) is 20.7. The third-order valence-electron chi connectivity index (χ3n) is 6.93. The number of carbonyl (C=O) groups is 3. The summed E-state index contributed by atoms with van der Waals surface area (Å²) < 4.78 is 6.97. The van der Waals surface area contributed by atoms with Gasteiger partial charge in [-0.05, 0) is 36.4 Å². The summed E-state index contributed by atoms with van der Waals surface area (Å²) in [6.07, 6.45) is 3.20. The van der Waals surface area contributed by atoms with Crippen LogP contribution in [-0.4, -0.2) is 71.5 Å². The standard InChI is InChI=1S/C29H29N9O4/c39-27(21-18-38(25-12-6-7-13-30-25)35-26(21)36-14-16-42-17-15-36)33-34-29(41)32-23-19-37(20-8-2-1-3-9-20)24-11-5-4-10-22(24)31-28(23)40/h1-13,18,23H,14-17,19H2,(H,31,40)(H,33,39)(H2,32,34,41)/t23-/m0/s1. The molecule has 0 spiro atoms. The summed E-state index contributed by atoms with van der Waals surface area (Å²) in [5.74, 6) is 0.0363. The molecule has 2 aromatic heterocycles. The lowest BCUT2D eigenvalue weighted by atomic mass is 10.2. The van der Waals surface area contributed by atoms with Gasteiger partial charge >= 0.3 is 6.03 Å². The van der Waals surface area contributed by atoms with Crippen LogP contribution in [0.25, 0.3) is 5.82 Å². The maximum absolute atomic E-state index is 13.3. The van der Waals surface area contributed by atoms with Gasteiger partial charge in [0.25, 0.3) is 5.91 Å². The first kappa shape index (κ1) is 26.8. The number of rotatable bonds is 5. The minimum Gasteiger partial charge on any atom is -0.378 e. The summed E-state index contributed by atoms with van der Waals surface area (Å²) in [7, 11) is 0. The van der Waals surface area contributed by atoms with Crippen LogP contribution < -0.4 is 31.3 Å². The highest BCUT2D eigenvalue weighted by Gasteiger charge is 2.30. The predicted octanol–water partition coefficient (Wildman–Crippen LogP) is 2.21. The zero-order chi connectivity index (χ0) is 28.9. The summed E-state index contributed by atoms with van der Waals surface area (Å²) >= 11 is 0. The van der Waals surface area contributed by atoms with E-state index in [0.29, 0.717) is 43.6 Å². The summed E-state index contributed by atoms with van der Waals surface area (Å²) in [4.78, 5) is 47.5. The zero-order valence-electron chi connectivity index (χ0n) is 22.6. The third kappa shape index (κ3) is 5.71. The monoisotopic (exact) mass is 567 g/mol. The minimum absolute atomic E-state index is 0.173. The van der Waals surface area contributed by atoms with Crippen LogP contribution in [0.1, 0.15) is 10.4 Å². The van der Waals surface area contributed by atoms with Crippen molar-refractivity contribution in [1.29, 1.82) is 0 Å². The molecule has 0 saturated carbocycles. The number of hydrogen-bond donors (Lipinski definition) is 4. The van der Waals surface area contributed by atoms with E-state index in [1.807, 2.05) is 70.5 Å². The number of carbonyl (C=O) groups excluding carboxylic acids is 3. The molecular formula is C29H29N9O4. The molecule has 214 valence electrons. The SMILES string of the molecule is O=C(NNC(=O)c1cn(-c2ccccn2)nc1N1CCOCC1)N[C@H]1CN(c2ccccc2)c2ccccc2NC1=O. The molecule has 42 heavy (non-hydrogen) atoms. The van der Waals surface area contributed by atoms with Crippen LogP contribution in [0.5, 0.6) is 0 Å². The van der Waals surface area contributed by atoms with Crippen molar-refractivity contribution in [2.75, 3.05) is 48.0 Å². The van der Waals surface area contributed by atoms with Gasteiger partial charge < -0.3 is 25.2 Å². The molecule has 6 rings (SSSR count). The molecule has 13 heteroatoms. The number of aromatic nitrogens is 3. The van der Waals surface area contributed by atoms with E-state index in [4.69, 9.17) is 4.74 Å². The smallest absolute Gasteiger partial charge is 0.334 e. The lowest BCUT2D eigenvalue weighted by Gasteiger charge is -2.27. The van der Waals surface area contributed by atoms with Gasteiger partial charge in [0.05, 0.1) is 31.1 Å². The van der Waals surface area contributed by atoms with Crippen LogP contribution >= 0.6 is 0 Å². The van der Waals surface area contributed by atoms with Crippen molar-refractivity contribution >= 4 is 40.7 Å². The van der Waals surface area contributed by atoms with Gasteiger partial charge in [-0.2, -0.15) is 0 Å². The van der Waals surface area contributed by atoms with Gasteiger partial charge in [0, 0.05) is 31.2 Å². The molecule has 4 heterocycles. The summed E-state index contributed by atoms with van der Waals surface area (Å²) in [5, 5.41) is 10.2. The lowest BCUT2D eigenvalue weighted by molar-refractivity contribution is -0.117. The van der Waals surface area contributed by atoms with Gasteiger partial charge in [0.1, 0.15) is 11.6 Å². The van der Waals surface area contributed by atoms with Crippen molar-refractivity contribution in [2.24, 2.45) is 0 Å². The number of amides is 4. The van der Waals surface area contributed by atoms with Crippen LogP contribution in [0.2, 0.25) is 0 Å². The molecular weight excluding hydrogens is 538 g/mol. The average Bonchev–Trinajstić information content (AvgIpc) is 3.44. The fraction of sp³-hybridized carbons (Fsp3) is 0.207. The topological polar surface area (TPSA) is 146 Å². The Bertz CT molecular complexity index is 1570. The molecule has 0 radical (unpaired) electrons. The zero-order valence-corrected chi connectivity index (χ0v) is 22.6. The second kappa shape index (κ2) is 12.0. The van der Waals surface area contributed by atoms with Crippen molar-refractivity contribution in [3.63, 3.8) is 0 Å². The first-order chi connectivity index (χ1) is 20.6. The second-order valence-electron chi connectivity index (χ2n) is 9.66. The first-order valence-corrected chi connectivity index (χ1v) is 13.5. The van der Waals surface area contributed by atoms with Crippen LogP contribution in [-0.2, 0) is 9.53 Å². The molecule has 1 fully saturated rings. The van der Waals surface area contributed by atoms with E-state index in [0.717, 1.165) is 11.4 Å². The molecule has 13 nitrogen and oxygen atoms in total. The van der Waals surface area contributed by atoms with Crippen molar-refractivity contribution in [1.82, 2.24) is 30.9 Å². The van der Waals surface area contributed by atoms with E-state index < -0.39 is 18.0 Å². The number of ether oxygens (including phenoxy) is 1. The lowest BCUT2D eigenvalue weighted by Crippen LogP contribution is -2.55. The summed E-state index contributed by atoms with van der Waals surface area (Å²) in [6.45, 7) is 2.30. The van der Waals surface area contributed by atoms with E-state index in [9.17, 15) is 14.4 Å². The van der Waals surface area contributed by atoms with Gasteiger partial charge in [-0.15, -0.1) is 5.10 Å². The number of nitrogens with one attached hydrogen (secondary N) is 4. The van der Waals surface area contributed by atoms with E-state index in [1.54, 1.807) is 24.5 Å². The average molecular weight is 568 g/mol. The van der Waals surface area contributed by atoms with Crippen molar-refractivity contribution < 1.29 is 19.1 Å². The molecule has 4 N–H and O–H groups in total. The van der Waals surface area contributed by atoms with Gasteiger partial charge in [-0.1, -0.05) is 36.4 Å². The Kier molecular flexibility index (Phi) is 7.64. The maximum atomic E-state index is 13.3. The number of hydrogen-bond acceptors (Lipinski definition) is 8. The van der Waals surface area contributed by atoms with Gasteiger partial charge in [0.15, 0.2) is 11.6 Å². The van der Waals surface area contributed by atoms with Crippen LogP contribution in [0.15, 0.2) is 85.2 Å². The second-order valence-corrected chi connectivity index (χ2v) is 9.66. The highest BCUT2D eigenvalue weighted by atomic mass is 16.5. The molecule has 4 amide bonds. The fourth-order valence-corrected chi connectivity index (χ4v) is 4.88. The van der Waals surface area contributed by atoms with Gasteiger partial charge in [0.2, 0.25) is 5.91 Å². The quantitative estimate of drug-likeness (QED) is 0.269. The maximum Gasteiger partial charge on any atom is 0.334 e. The number of morpholine rings is 1. The Morgan fingerprint density at radius 1 is 0.929 bits per heavy atom. The highest BCUT2D eigenvalue weighted by molar-refractivity contribution is 6.03. The van der Waals surface area contributed by atoms with E-state index in [1.165, 1.54) is 4.68 Å². The van der Waals surface area contributed by atoms with Crippen LogP contribution in [0, 0.1) is 0 Å². The molecule has 0 aliphatic carbocycles. The molecule has 1 saturated heterocycles. The first-order valence-electron chi connectivity index (χ1n) is 13.5. The van der Waals surface area contributed by atoms with Crippen molar-refractivity contribution in [3.8, 4) is 5.82 Å². The number of hydrazine groups is 1. The number of anilines is 4. The molecule has 2 aliphatic heterocycles. The molecule has 0 unspecified atom stereocenters. The van der Waals surface area contributed by atoms with Gasteiger partial charge in [-0.3, -0.25) is 15.0 Å². The number of para-hydroxylation sites is 3. The van der Waals surface area contributed by atoms with Crippen LogP contribution in [0.4, 0.5) is 27.7 Å². The number of pyridine rings is 1. The normalized spacial score (nSPS) is 16.6. The number of nitrogens with zero attached hydrogens (tertiary/aromatic N) is 5. The van der Waals surface area contributed by atoms with Crippen molar-refractivity contribution in [3.05, 3.63) is 90.8 Å². The van der Waals surface area contributed by atoms with E-state index in [2.05, 4.69) is 31.6 Å². The fourth-order valence-electron chi connectivity index (χ4n) is 4.88. The van der Waals surface area contributed by atoms with E-state index in [-0.39, 0.29) is 18.0 Å². The third-order valence-corrected chi connectivity index (χ3v) is 6.93. The Morgan fingerprint density at radius 2 is 1.69 bits per heavy atom. The summed E-state index contributed by atoms with van der Waals surface area (Å²) in [5.41, 5.74) is 7.37. The largest absolute Gasteiger partial charge is 0.378 e. The Morgan fingerprint density at radius 3 is 2.48 bits per heavy atom. The van der Waals surface area contributed by atoms with Crippen molar-refractivity contribution in [2.45, 2.75) is 6.04 Å². The minimum atomic E-state index is -0.926. The van der Waals surface area contributed by atoms with Crippen LogP contribution in [0.3, 0.4) is 0 Å². The molecule has 1 atom stereocenters. The molecule has 2 aromatic carbocycles. The Balaban J connectivity index is 1.16. The van der Waals surface area contributed by atoms with E-state index >= 15 is 0 Å². The number of fused-ring (bicyclic) bond motifs is 1. The molecule has 0 bridgehead atoms. The Labute approximate surface area is 241 Å². The molecule has 4 aromatic rings. The Hall–Kier alpha value is -5.43.